The Labute approximate surface area is 135 Å². The van der Waals surface area contributed by atoms with E-state index in [4.69, 9.17) is 9.47 Å². The van der Waals surface area contributed by atoms with E-state index in [1.807, 2.05) is 42.5 Å². The van der Waals surface area contributed by atoms with Gasteiger partial charge in [0.25, 0.3) is 0 Å². The second-order valence-electron chi connectivity index (χ2n) is 5.49. The summed E-state index contributed by atoms with van der Waals surface area (Å²) in [5.41, 5.74) is 1.83. The van der Waals surface area contributed by atoms with Crippen LogP contribution in [0.1, 0.15) is 6.92 Å². The van der Waals surface area contributed by atoms with Crippen molar-refractivity contribution in [3.8, 4) is 5.75 Å². The number of anilines is 2. The standard InChI is InChI=1S/C18H20N2O3/c1-14-13-22-12-11-20(14)16-9-7-15(8-10-16)19-18(21)23-17-5-3-2-4-6-17/h2-10,14H,11-13H2,1H3,(H,19,21). The smallest absolute Gasteiger partial charge is 0.410 e. The van der Waals surface area contributed by atoms with Gasteiger partial charge in [-0.2, -0.15) is 0 Å². The van der Waals surface area contributed by atoms with Crippen LogP contribution in [0.2, 0.25) is 0 Å². The molecular weight excluding hydrogens is 292 g/mol. The summed E-state index contributed by atoms with van der Waals surface area (Å²) in [7, 11) is 0. The van der Waals surface area contributed by atoms with Crippen LogP contribution in [0.5, 0.6) is 5.75 Å². The molecule has 0 bridgehead atoms. The van der Waals surface area contributed by atoms with E-state index in [0.29, 0.717) is 17.5 Å². The van der Waals surface area contributed by atoms with Crippen molar-refractivity contribution in [2.45, 2.75) is 13.0 Å². The zero-order valence-electron chi connectivity index (χ0n) is 13.1. The van der Waals surface area contributed by atoms with Crippen molar-refractivity contribution in [3.63, 3.8) is 0 Å². The van der Waals surface area contributed by atoms with E-state index in [1.165, 1.54) is 0 Å². The maximum atomic E-state index is 11.9. The molecule has 5 heteroatoms. The third-order valence-electron chi connectivity index (χ3n) is 3.77. The number of carbonyl (C=O) groups is 1. The minimum Gasteiger partial charge on any atom is -0.410 e. The number of nitrogens with one attached hydrogen (secondary N) is 1. The fourth-order valence-corrected chi connectivity index (χ4v) is 2.59. The molecule has 2 aromatic carbocycles. The lowest BCUT2D eigenvalue weighted by atomic mass is 10.2. The monoisotopic (exact) mass is 312 g/mol. The van der Waals surface area contributed by atoms with Crippen molar-refractivity contribution in [1.82, 2.24) is 0 Å². The molecule has 1 aliphatic heterocycles. The Kier molecular flexibility index (Phi) is 4.78. The molecule has 1 aliphatic rings. The quantitative estimate of drug-likeness (QED) is 0.942. The number of amides is 1. The van der Waals surface area contributed by atoms with Crippen LogP contribution in [0.4, 0.5) is 16.2 Å². The summed E-state index contributed by atoms with van der Waals surface area (Å²) in [6.07, 6.45) is -0.497. The van der Waals surface area contributed by atoms with Gasteiger partial charge < -0.3 is 14.4 Å². The molecule has 0 aromatic heterocycles. The first-order valence-corrected chi connectivity index (χ1v) is 7.71. The summed E-state index contributed by atoms with van der Waals surface area (Å²) >= 11 is 0. The number of hydrogen-bond acceptors (Lipinski definition) is 4. The second kappa shape index (κ2) is 7.15. The Bertz CT molecular complexity index is 643. The predicted molar refractivity (Wildman–Crippen MR) is 90.2 cm³/mol. The summed E-state index contributed by atoms with van der Waals surface area (Å²) < 4.78 is 10.7. The molecule has 1 atom stereocenters. The largest absolute Gasteiger partial charge is 0.417 e. The van der Waals surface area contributed by atoms with Crippen LogP contribution >= 0.6 is 0 Å². The van der Waals surface area contributed by atoms with E-state index in [2.05, 4.69) is 17.1 Å². The van der Waals surface area contributed by atoms with Crippen LogP contribution in [-0.2, 0) is 4.74 Å². The average Bonchev–Trinajstić information content (AvgIpc) is 2.57. The summed E-state index contributed by atoms with van der Waals surface area (Å²) in [5, 5.41) is 2.73. The van der Waals surface area contributed by atoms with Gasteiger partial charge in [-0.3, -0.25) is 5.32 Å². The van der Waals surface area contributed by atoms with Crippen molar-refractivity contribution in [1.29, 1.82) is 0 Å². The van der Waals surface area contributed by atoms with E-state index in [-0.39, 0.29) is 0 Å². The van der Waals surface area contributed by atoms with Crippen LogP contribution in [0.15, 0.2) is 54.6 Å². The van der Waals surface area contributed by atoms with Crippen molar-refractivity contribution in [2.24, 2.45) is 0 Å². The number of hydrogen-bond donors (Lipinski definition) is 1. The van der Waals surface area contributed by atoms with E-state index in [1.54, 1.807) is 12.1 Å². The third-order valence-corrected chi connectivity index (χ3v) is 3.77. The highest BCUT2D eigenvalue weighted by Gasteiger charge is 2.18. The molecular formula is C18H20N2O3. The van der Waals surface area contributed by atoms with E-state index < -0.39 is 6.09 Å². The fourth-order valence-electron chi connectivity index (χ4n) is 2.59. The van der Waals surface area contributed by atoms with Crippen LogP contribution < -0.4 is 15.0 Å². The molecule has 1 saturated heterocycles. The third kappa shape index (κ3) is 4.02. The fraction of sp³-hybridized carbons (Fsp3) is 0.278. The second-order valence-corrected chi connectivity index (χ2v) is 5.49. The molecule has 5 nitrogen and oxygen atoms in total. The minimum atomic E-state index is -0.497. The number of ether oxygens (including phenoxy) is 2. The van der Waals surface area contributed by atoms with Crippen LogP contribution in [-0.4, -0.2) is 31.9 Å². The summed E-state index contributed by atoms with van der Waals surface area (Å²) in [4.78, 5) is 14.2. The number of morpholine rings is 1. The topological polar surface area (TPSA) is 50.8 Å². The van der Waals surface area contributed by atoms with Gasteiger partial charge >= 0.3 is 6.09 Å². The molecule has 1 N–H and O–H groups in total. The van der Waals surface area contributed by atoms with Gasteiger partial charge in [-0.05, 0) is 43.3 Å². The molecule has 3 rings (SSSR count). The Balaban J connectivity index is 1.60. The number of benzene rings is 2. The Morgan fingerprint density at radius 2 is 1.91 bits per heavy atom. The van der Waals surface area contributed by atoms with Gasteiger partial charge in [0, 0.05) is 24.0 Å². The highest BCUT2D eigenvalue weighted by Crippen LogP contribution is 2.22. The van der Waals surface area contributed by atoms with Gasteiger partial charge in [-0.1, -0.05) is 18.2 Å². The van der Waals surface area contributed by atoms with E-state index >= 15 is 0 Å². The lowest BCUT2D eigenvalue weighted by Gasteiger charge is -2.35. The van der Waals surface area contributed by atoms with Crippen molar-refractivity contribution in [2.75, 3.05) is 30.0 Å². The Hall–Kier alpha value is -2.53. The van der Waals surface area contributed by atoms with E-state index in [9.17, 15) is 4.79 Å². The molecule has 1 amide bonds. The van der Waals surface area contributed by atoms with Crippen molar-refractivity contribution in [3.05, 3.63) is 54.6 Å². The molecule has 1 unspecified atom stereocenters. The lowest BCUT2D eigenvalue weighted by molar-refractivity contribution is 0.0989. The zero-order valence-corrected chi connectivity index (χ0v) is 13.1. The number of nitrogens with zero attached hydrogens (tertiary/aromatic N) is 1. The Morgan fingerprint density at radius 3 is 2.61 bits per heavy atom. The predicted octanol–water partition coefficient (Wildman–Crippen LogP) is 3.52. The van der Waals surface area contributed by atoms with Crippen LogP contribution in [0.25, 0.3) is 0 Å². The number of rotatable bonds is 3. The molecule has 0 spiro atoms. The molecule has 2 aromatic rings. The van der Waals surface area contributed by atoms with Gasteiger partial charge in [0.15, 0.2) is 0 Å². The van der Waals surface area contributed by atoms with Crippen molar-refractivity contribution < 1.29 is 14.3 Å². The minimum absolute atomic E-state index is 0.352. The van der Waals surface area contributed by atoms with Gasteiger partial charge in [-0.15, -0.1) is 0 Å². The summed E-state index contributed by atoms with van der Waals surface area (Å²) in [6, 6.07) is 17.1. The first-order chi connectivity index (χ1) is 11.2. The highest BCUT2D eigenvalue weighted by molar-refractivity contribution is 5.86. The van der Waals surface area contributed by atoms with Crippen LogP contribution in [0.3, 0.4) is 0 Å². The maximum Gasteiger partial charge on any atom is 0.417 e. The molecule has 23 heavy (non-hydrogen) atoms. The normalized spacial score (nSPS) is 17.6. The zero-order chi connectivity index (χ0) is 16.1. The van der Waals surface area contributed by atoms with Gasteiger partial charge in [0.05, 0.1) is 13.2 Å². The number of carbonyl (C=O) groups excluding carboxylic acids is 1. The maximum absolute atomic E-state index is 11.9. The van der Waals surface area contributed by atoms with E-state index in [0.717, 1.165) is 25.4 Å². The SMILES string of the molecule is CC1COCCN1c1ccc(NC(=O)Oc2ccccc2)cc1. The molecule has 0 aliphatic carbocycles. The van der Waals surface area contributed by atoms with Gasteiger partial charge in [0.2, 0.25) is 0 Å². The summed E-state index contributed by atoms with van der Waals surface area (Å²) in [6.45, 7) is 4.50. The summed E-state index contributed by atoms with van der Waals surface area (Å²) in [5.74, 6) is 0.517. The molecule has 120 valence electrons. The first kappa shape index (κ1) is 15.4. The average molecular weight is 312 g/mol. The lowest BCUT2D eigenvalue weighted by Crippen LogP contribution is -2.43. The van der Waals surface area contributed by atoms with Crippen LogP contribution in [0, 0.1) is 0 Å². The first-order valence-electron chi connectivity index (χ1n) is 7.71. The Morgan fingerprint density at radius 1 is 1.17 bits per heavy atom. The van der Waals surface area contributed by atoms with Crippen molar-refractivity contribution >= 4 is 17.5 Å². The number of para-hydroxylation sites is 1. The molecule has 1 fully saturated rings. The molecule has 0 radical (unpaired) electrons. The van der Waals surface area contributed by atoms with Gasteiger partial charge in [0.1, 0.15) is 5.75 Å². The molecule has 1 heterocycles. The van der Waals surface area contributed by atoms with Gasteiger partial charge in [-0.25, -0.2) is 4.79 Å². The molecule has 0 saturated carbocycles. The highest BCUT2D eigenvalue weighted by atomic mass is 16.6.